The Labute approximate surface area is 187 Å². The summed E-state index contributed by atoms with van der Waals surface area (Å²) in [6.45, 7) is 2.74. The number of aryl methyl sites for hydroxylation is 1. The predicted molar refractivity (Wildman–Crippen MR) is 123 cm³/mol. The lowest BCUT2D eigenvalue weighted by Crippen LogP contribution is -2.36. The van der Waals surface area contributed by atoms with E-state index in [0.717, 1.165) is 17.5 Å². The molecule has 0 radical (unpaired) electrons. The maximum atomic E-state index is 13.0. The predicted octanol–water partition coefficient (Wildman–Crippen LogP) is 4.90. The van der Waals surface area contributed by atoms with Crippen LogP contribution in [-0.4, -0.2) is 25.2 Å². The van der Waals surface area contributed by atoms with Crippen LogP contribution in [0, 0.1) is 0 Å². The number of carbonyl (C=O) groups is 1. The van der Waals surface area contributed by atoms with Gasteiger partial charge in [0.1, 0.15) is 0 Å². The van der Waals surface area contributed by atoms with E-state index in [0.29, 0.717) is 29.2 Å². The molecular formula is C24H23ClN2O3S. The van der Waals surface area contributed by atoms with Gasteiger partial charge in [0.05, 0.1) is 4.90 Å². The first-order valence-electron chi connectivity index (χ1n) is 10.1. The number of hydrogen-bond acceptors (Lipinski definition) is 3. The molecule has 0 bridgehead atoms. The standard InChI is InChI=1S/C24H23ClN2O3S/c1-2-17-3-5-19(6-4-17)24(28)26-22-10-7-18-13-14-27(16-20(18)15-22)31(29,30)23-11-8-21(25)9-12-23/h3-12,15H,2,13-14,16H2,1H3,(H,26,28). The topological polar surface area (TPSA) is 66.5 Å². The van der Waals surface area contributed by atoms with Crippen molar-refractivity contribution < 1.29 is 13.2 Å². The summed E-state index contributed by atoms with van der Waals surface area (Å²) in [4.78, 5) is 12.8. The van der Waals surface area contributed by atoms with E-state index in [9.17, 15) is 13.2 Å². The van der Waals surface area contributed by atoms with E-state index < -0.39 is 10.0 Å². The van der Waals surface area contributed by atoms with Crippen molar-refractivity contribution in [2.24, 2.45) is 0 Å². The molecule has 5 nitrogen and oxygen atoms in total. The average molecular weight is 455 g/mol. The first-order chi connectivity index (χ1) is 14.9. The van der Waals surface area contributed by atoms with Crippen molar-refractivity contribution in [2.45, 2.75) is 31.2 Å². The first kappa shape index (κ1) is 21.6. The number of halogens is 1. The number of fused-ring (bicyclic) bond motifs is 1. The molecule has 160 valence electrons. The van der Waals surface area contributed by atoms with E-state index >= 15 is 0 Å². The molecule has 3 aromatic rings. The lowest BCUT2D eigenvalue weighted by Gasteiger charge is -2.28. The summed E-state index contributed by atoms with van der Waals surface area (Å²) in [5.74, 6) is -0.191. The van der Waals surface area contributed by atoms with Gasteiger partial charge >= 0.3 is 0 Å². The van der Waals surface area contributed by atoms with E-state index in [2.05, 4.69) is 12.2 Å². The van der Waals surface area contributed by atoms with Gasteiger partial charge in [0.2, 0.25) is 10.0 Å². The van der Waals surface area contributed by atoms with Crippen molar-refractivity contribution in [2.75, 3.05) is 11.9 Å². The Kier molecular flexibility index (Phi) is 6.14. The molecule has 0 fully saturated rings. The van der Waals surface area contributed by atoms with E-state index in [1.54, 1.807) is 12.1 Å². The number of hydrogen-bond donors (Lipinski definition) is 1. The SMILES string of the molecule is CCc1ccc(C(=O)Nc2ccc3c(c2)CN(S(=O)(=O)c2ccc(Cl)cc2)CC3)cc1. The molecule has 0 aromatic heterocycles. The van der Waals surface area contributed by atoms with Crippen LogP contribution in [0.4, 0.5) is 5.69 Å². The number of rotatable bonds is 5. The molecule has 0 atom stereocenters. The van der Waals surface area contributed by atoms with E-state index in [-0.39, 0.29) is 17.3 Å². The highest BCUT2D eigenvalue weighted by atomic mass is 35.5. The van der Waals surface area contributed by atoms with Gasteiger partial charge in [-0.1, -0.05) is 36.7 Å². The fourth-order valence-corrected chi connectivity index (χ4v) is 5.21. The molecule has 1 N–H and O–H groups in total. The normalized spacial score (nSPS) is 14.1. The first-order valence-corrected chi connectivity index (χ1v) is 12.0. The zero-order valence-electron chi connectivity index (χ0n) is 17.1. The quantitative estimate of drug-likeness (QED) is 0.596. The van der Waals surface area contributed by atoms with Crippen LogP contribution in [0.3, 0.4) is 0 Å². The van der Waals surface area contributed by atoms with Gasteiger partial charge in [-0.05, 0) is 78.1 Å². The molecule has 3 aromatic carbocycles. The molecule has 1 aliphatic heterocycles. The highest BCUT2D eigenvalue weighted by molar-refractivity contribution is 7.89. The highest BCUT2D eigenvalue weighted by Crippen LogP contribution is 2.28. The van der Waals surface area contributed by atoms with Crippen molar-refractivity contribution in [1.29, 1.82) is 0 Å². The Morgan fingerprint density at radius 3 is 2.39 bits per heavy atom. The van der Waals surface area contributed by atoms with Crippen LogP contribution in [-0.2, 0) is 29.4 Å². The number of carbonyl (C=O) groups excluding carboxylic acids is 1. The van der Waals surface area contributed by atoms with Crippen LogP contribution in [0.15, 0.2) is 71.6 Å². The van der Waals surface area contributed by atoms with Gasteiger partial charge in [-0.2, -0.15) is 4.31 Å². The van der Waals surface area contributed by atoms with Crippen LogP contribution >= 0.6 is 11.6 Å². The second-order valence-corrected chi connectivity index (χ2v) is 9.90. The Bertz CT molecular complexity index is 1210. The van der Waals surface area contributed by atoms with Gasteiger partial charge in [-0.25, -0.2) is 8.42 Å². The minimum atomic E-state index is -3.62. The summed E-state index contributed by atoms with van der Waals surface area (Å²) in [5, 5.41) is 3.41. The average Bonchev–Trinajstić information content (AvgIpc) is 2.79. The van der Waals surface area contributed by atoms with Crippen LogP contribution < -0.4 is 5.32 Å². The molecule has 7 heteroatoms. The van der Waals surface area contributed by atoms with Crippen LogP contribution in [0.25, 0.3) is 0 Å². The number of nitrogens with zero attached hydrogens (tertiary/aromatic N) is 1. The maximum Gasteiger partial charge on any atom is 0.255 e. The van der Waals surface area contributed by atoms with Crippen molar-refractivity contribution >= 4 is 33.2 Å². The largest absolute Gasteiger partial charge is 0.322 e. The summed E-state index contributed by atoms with van der Waals surface area (Å²) in [5.41, 5.74) is 4.39. The third kappa shape index (κ3) is 4.66. The Morgan fingerprint density at radius 1 is 1.00 bits per heavy atom. The van der Waals surface area contributed by atoms with Crippen molar-refractivity contribution in [3.8, 4) is 0 Å². The lowest BCUT2D eigenvalue weighted by molar-refractivity contribution is 0.102. The van der Waals surface area contributed by atoms with Gasteiger partial charge in [-0.15, -0.1) is 0 Å². The van der Waals surface area contributed by atoms with Crippen molar-refractivity contribution in [1.82, 2.24) is 4.31 Å². The molecule has 0 saturated carbocycles. The molecule has 0 spiro atoms. The summed E-state index contributed by atoms with van der Waals surface area (Å²) in [6.07, 6.45) is 1.54. The van der Waals surface area contributed by atoms with Crippen molar-refractivity contribution in [3.63, 3.8) is 0 Å². The Hall–Kier alpha value is -2.67. The molecule has 1 aliphatic rings. The lowest BCUT2D eigenvalue weighted by atomic mass is 10.0. The van der Waals surface area contributed by atoms with Crippen LogP contribution in [0.1, 0.15) is 34.0 Å². The second-order valence-electron chi connectivity index (χ2n) is 7.53. The smallest absolute Gasteiger partial charge is 0.255 e. The number of nitrogens with one attached hydrogen (secondary N) is 1. The number of benzene rings is 3. The van der Waals surface area contributed by atoms with E-state index in [4.69, 9.17) is 11.6 Å². The maximum absolute atomic E-state index is 13.0. The molecule has 0 aliphatic carbocycles. The molecule has 31 heavy (non-hydrogen) atoms. The summed E-state index contributed by atoms with van der Waals surface area (Å²) >= 11 is 5.89. The summed E-state index contributed by atoms with van der Waals surface area (Å²) in [6, 6.07) is 19.4. The molecule has 0 unspecified atom stereocenters. The fourth-order valence-electron chi connectivity index (χ4n) is 3.66. The Morgan fingerprint density at radius 2 is 1.71 bits per heavy atom. The number of amides is 1. The van der Waals surface area contributed by atoms with Gasteiger partial charge in [0.15, 0.2) is 0 Å². The fraction of sp³-hybridized carbons (Fsp3) is 0.208. The van der Waals surface area contributed by atoms with E-state index in [1.165, 1.54) is 22.0 Å². The molecule has 4 rings (SSSR count). The molecule has 1 heterocycles. The van der Waals surface area contributed by atoms with Gasteiger partial charge in [-0.3, -0.25) is 4.79 Å². The van der Waals surface area contributed by atoms with Gasteiger partial charge in [0, 0.05) is 29.4 Å². The molecular weight excluding hydrogens is 432 g/mol. The zero-order valence-corrected chi connectivity index (χ0v) is 18.7. The highest BCUT2D eigenvalue weighted by Gasteiger charge is 2.28. The minimum Gasteiger partial charge on any atom is -0.322 e. The monoisotopic (exact) mass is 454 g/mol. The summed E-state index contributed by atoms with van der Waals surface area (Å²) in [7, 11) is -3.62. The molecule has 1 amide bonds. The third-order valence-electron chi connectivity index (χ3n) is 5.52. The molecule has 0 saturated heterocycles. The van der Waals surface area contributed by atoms with E-state index in [1.807, 2.05) is 42.5 Å². The Balaban J connectivity index is 1.52. The van der Waals surface area contributed by atoms with Crippen molar-refractivity contribution in [3.05, 3.63) is 94.0 Å². The van der Waals surface area contributed by atoms with Gasteiger partial charge in [0.25, 0.3) is 5.91 Å². The number of sulfonamides is 1. The number of anilines is 1. The minimum absolute atomic E-state index is 0.191. The third-order valence-corrected chi connectivity index (χ3v) is 7.63. The van der Waals surface area contributed by atoms with Gasteiger partial charge < -0.3 is 5.32 Å². The van der Waals surface area contributed by atoms with Crippen LogP contribution in [0.2, 0.25) is 5.02 Å². The summed E-state index contributed by atoms with van der Waals surface area (Å²) < 4.78 is 27.5. The van der Waals surface area contributed by atoms with Crippen LogP contribution in [0.5, 0.6) is 0 Å². The second kappa shape index (κ2) is 8.83. The zero-order chi connectivity index (χ0) is 22.0.